The number of amides is 1. The van der Waals surface area contributed by atoms with Gasteiger partial charge in [-0.15, -0.1) is 0 Å². The van der Waals surface area contributed by atoms with Gasteiger partial charge in [-0.3, -0.25) is 4.79 Å². The lowest BCUT2D eigenvalue weighted by molar-refractivity contribution is -0.118. The topological polar surface area (TPSA) is 66.9 Å². The fourth-order valence-electron chi connectivity index (χ4n) is 1.16. The third kappa shape index (κ3) is 3.53. The summed E-state index contributed by atoms with van der Waals surface area (Å²) < 4.78 is 0. The molecule has 0 atom stereocenters. The number of aromatic nitrogens is 2. The number of anilines is 1. The molecule has 1 amide bonds. The van der Waals surface area contributed by atoms with Gasteiger partial charge in [-0.2, -0.15) is 0 Å². The van der Waals surface area contributed by atoms with Gasteiger partial charge in [0.2, 0.25) is 5.91 Å². The van der Waals surface area contributed by atoms with Crippen LogP contribution in [0, 0.1) is 6.92 Å². The second-order valence-corrected chi connectivity index (χ2v) is 3.17. The Morgan fingerprint density at radius 2 is 2.20 bits per heavy atom. The smallest absolute Gasteiger partial charge is 0.239 e. The van der Waals surface area contributed by atoms with Crippen molar-refractivity contribution in [2.75, 3.05) is 18.9 Å². The number of nitrogens with zero attached hydrogens (tertiary/aromatic N) is 2. The Balaban J connectivity index is 2.68. The van der Waals surface area contributed by atoms with E-state index >= 15 is 0 Å². The van der Waals surface area contributed by atoms with Gasteiger partial charge < -0.3 is 10.6 Å². The van der Waals surface area contributed by atoms with Crippen molar-refractivity contribution < 1.29 is 4.79 Å². The highest BCUT2D eigenvalue weighted by Crippen LogP contribution is 2.06. The molecule has 1 aromatic rings. The maximum Gasteiger partial charge on any atom is 0.239 e. The van der Waals surface area contributed by atoms with Crippen molar-refractivity contribution in [3.63, 3.8) is 0 Å². The summed E-state index contributed by atoms with van der Waals surface area (Å²) in [5, 5.41) is 5.48. The summed E-state index contributed by atoms with van der Waals surface area (Å²) in [5.74, 6) is 1.35. The summed E-state index contributed by atoms with van der Waals surface area (Å²) in [6.07, 6.45) is 0.859. The minimum atomic E-state index is -0.0655. The molecule has 0 aliphatic rings. The molecular weight excluding hydrogens is 192 g/mol. The number of nitrogens with one attached hydrogen (secondary N) is 2. The average molecular weight is 208 g/mol. The number of likely N-dealkylation sites (N-methyl/N-ethyl adjacent to an activating group) is 1. The fraction of sp³-hybridized carbons (Fsp3) is 0.500. The first kappa shape index (κ1) is 11.4. The Morgan fingerprint density at radius 3 is 2.80 bits per heavy atom. The molecule has 0 radical (unpaired) electrons. The summed E-state index contributed by atoms with van der Waals surface area (Å²) in [6, 6.07) is 1.86. The molecule has 1 heterocycles. The largest absolute Gasteiger partial charge is 0.361 e. The molecule has 0 saturated heterocycles. The van der Waals surface area contributed by atoms with E-state index in [2.05, 4.69) is 20.6 Å². The van der Waals surface area contributed by atoms with Crippen LogP contribution in [0.4, 0.5) is 5.82 Å². The number of hydrogen-bond acceptors (Lipinski definition) is 4. The van der Waals surface area contributed by atoms with Gasteiger partial charge in [0.15, 0.2) is 0 Å². The van der Waals surface area contributed by atoms with Crippen LogP contribution in [0.5, 0.6) is 0 Å². The minimum absolute atomic E-state index is 0.0655. The van der Waals surface area contributed by atoms with Crippen LogP contribution in [0.15, 0.2) is 6.07 Å². The van der Waals surface area contributed by atoms with Crippen molar-refractivity contribution in [2.24, 2.45) is 0 Å². The van der Waals surface area contributed by atoms with E-state index in [1.54, 1.807) is 7.05 Å². The van der Waals surface area contributed by atoms with Crippen LogP contribution in [0.25, 0.3) is 0 Å². The van der Waals surface area contributed by atoms with Gasteiger partial charge in [0.1, 0.15) is 11.6 Å². The maximum atomic E-state index is 11.0. The van der Waals surface area contributed by atoms with Gasteiger partial charge in [0.05, 0.1) is 6.54 Å². The molecule has 5 nitrogen and oxygen atoms in total. The van der Waals surface area contributed by atoms with Gasteiger partial charge in [0, 0.05) is 18.8 Å². The molecule has 0 fully saturated rings. The maximum absolute atomic E-state index is 11.0. The van der Waals surface area contributed by atoms with E-state index in [1.165, 1.54) is 0 Å². The van der Waals surface area contributed by atoms with E-state index in [0.717, 1.165) is 12.1 Å². The van der Waals surface area contributed by atoms with Gasteiger partial charge in [-0.25, -0.2) is 9.97 Å². The first-order valence-corrected chi connectivity index (χ1v) is 4.94. The van der Waals surface area contributed by atoms with Crippen LogP contribution in [0.2, 0.25) is 0 Å². The summed E-state index contributed by atoms with van der Waals surface area (Å²) in [5.41, 5.74) is 0.974. The monoisotopic (exact) mass is 208 g/mol. The van der Waals surface area contributed by atoms with Crippen molar-refractivity contribution in [2.45, 2.75) is 20.3 Å². The van der Waals surface area contributed by atoms with Crippen molar-refractivity contribution in [3.8, 4) is 0 Å². The zero-order valence-corrected chi connectivity index (χ0v) is 9.29. The van der Waals surface area contributed by atoms with E-state index in [9.17, 15) is 4.79 Å². The van der Waals surface area contributed by atoms with E-state index in [0.29, 0.717) is 11.6 Å². The molecule has 2 N–H and O–H groups in total. The summed E-state index contributed by atoms with van der Waals surface area (Å²) in [7, 11) is 1.60. The predicted molar refractivity (Wildman–Crippen MR) is 58.7 cm³/mol. The lowest BCUT2D eigenvalue weighted by atomic mass is 10.3. The number of rotatable bonds is 4. The molecule has 1 aromatic heterocycles. The number of hydrogen-bond donors (Lipinski definition) is 2. The van der Waals surface area contributed by atoms with Crippen LogP contribution in [-0.2, 0) is 11.2 Å². The first-order valence-electron chi connectivity index (χ1n) is 4.94. The second kappa shape index (κ2) is 5.29. The van der Waals surface area contributed by atoms with Gasteiger partial charge in [-0.1, -0.05) is 6.92 Å². The molecule has 5 heteroatoms. The molecule has 82 valence electrons. The Morgan fingerprint density at radius 1 is 1.47 bits per heavy atom. The SMILES string of the molecule is CCc1cc(NCC(=O)NC)nc(C)n1. The van der Waals surface area contributed by atoms with E-state index in [4.69, 9.17) is 0 Å². The third-order valence-corrected chi connectivity index (χ3v) is 1.96. The Labute approximate surface area is 89.3 Å². The predicted octanol–water partition coefficient (Wildman–Crippen LogP) is 0.505. The molecule has 0 spiro atoms. The number of aryl methyl sites for hydroxylation is 2. The van der Waals surface area contributed by atoms with Crippen molar-refractivity contribution in [3.05, 3.63) is 17.6 Å². The lowest BCUT2D eigenvalue weighted by Crippen LogP contribution is -2.26. The van der Waals surface area contributed by atoms with Crippen molar-refractivity contribution in [1.29, 1.82) is 0 Å². The molecule has 0 aliphatic carbocycles. The summed E-state index contributed by atoms with van der Waals surface area (Å²) >= 11 is 0. The van der Waals surface area contributed by atoms with Crippen LogP contribution in [-0.4, -0.2) is 29.5 Å². The van der Waals surface area contributed by atoms with E-state index in [1.807, 2.05) is 19.9 Å². The number of carbonyl (C=O) groups is 1. The van der Waals surface area contributed by atoms with E-state index in [-0.39, 0.29) is 12.5 Å². The second-order valence-electron chi connectivity index (χ2n) is 3.17. The number of carbonyl (C=O) groups excluding carboxylic acids is 1. The summed E-state index contributed by atoms with van der Waals surface area (Å²) in [4.78, 5) is 19.4. The summed E-state index contributed by atoms with van der Waals surface area (Å²) in [6.45, 7) is 4.10. The Kier molecular flexibility index (Phi) is 4.03. The van der Waals surface area contributed by atoms with Crippen molar-refractivity contribution in [1.82, 2.24) is 15.3 Å². The highest BCUT2D eigenvalue weighted by atomic mass is 16.1. The zero-order valence-electron chi connectivity index (χ0n) is 9.29. The average Bonchev–Trinajstić information content (AvgIpc) is 2.25. The molecule has 0 aromatic carbocycles. The van der Waals surface area contributed by atoms with Gasteiger partial charge in [-0.05, 0) is 13.3 Å². The molecule has 0 aliphatic heterocycles. The molecule has 0 bridgehead atoms. The minimum Gasteiger partial charge on any atom is -0.361 e. The molecular formula is C10H16N4O. The van der Waals surface area contributed by atoms with Crippen molar-refractivity contribution >= 4 is 11.7 Å². The third-order valence-electron chi connectivity index (χ3n) is 1.96. The van der Waals surface area contributed by atoms with Crippen LogP contribution in [0.3, 0.4) is 0 Å². The Hall–Kier alpha value is -1.65. The zero-order chi connectivity index (χ0) is 11.3. The van der Waals surface area contributed by atoms with Gasteiger partial charge >= 0.3 is 0 Å². The Bertz CT molecular complexity index is 351. The van der Waals surface area contributed by atoms with Gasteiger partial charge in [0.25, 0.3) is 0 Å². The molecule has 1 rings (SSSR count). The molecule has 0 unspecified atom stereocenters. The molecule has 0 saturated carbocycles. The first-order chi connectivity index (χ1) is 7.15. The fourth-order valence-corrected chi connectivity index (χ4v) is 1.16. The normalized spacial score (nSPS) is 9.80. The highest BCUT2D eigenvalue weighted by molar-refractivity contribution is 5.80. The highest BCUT2D eigenvalue weighted by Gasteiger charge is 2.02. The van der Waals surface area contributed by atoms with Crippen LogP contribution < -0.4 is 10.6 Å². The standard InChI is InChI=1S/C10H16N4O/c1-4-8-5-9(14-7(2)13-8)12-6-10(15)11-3/h5H,4,6H2,1-3H3,(H,11,15)(H,12,13,14). The van der Waals surface area contributed by atoms with E-state index < -0.39 is 0 Å². The quantitative estimate of drug-likeness (QED) is 0.756. The van der Waals surface area contributed by atoms with Crippen LogP contribution >= 0.6 is 0 Å². The lowest BCUT2D eigenvalue weighted by Gasteiger charge is -2.06. The van der Waals surface area contributed by atoms with Crippen LogP contribution in [0.1, 0.15) is 18.4 Å². The molecule has 15 heavy (non-hydrogen) atoms.